The fourth-order valence-electron chi connectivity index (χ4n) is 3.11. The Balaban J connectivity index is 1.80. The van der Waals surface area contributed by atoms with Crippen molar-refractivity contribution in [3.05, 3.63) is 11.3 Å². The molecule has 0 atom stereocenters. The molecule has 0 spiro atoms. The van der Waals surface area contributed by atoms with Crippen LogP contribution in [0.4, 0.5) is 5.82 Å². The maximum absolute atomic E-state index is 4.65. The van der Waals surface area contributed by atoms with Crippen molar-refractivity contribution in [3.8, 4) is 0 Å². The predicted molar refractivity (Wildman–Crippen MR) is 78.5 cm³/mol. The summed E-state index contributed by atoms with van der Waals surface area (Å²) in [5, 5.41) is 8.29. The predicted octanol–water partition coefficient (Wildman–Crippen LogP) is 2.36. The minimum atomic E-state index is 0.761. The van der Waals surface area contributed by atoms with Crippen LogP contribution in [0, 0.1) is 6.92 Å². The van der Waals surface area contributed by atoms with Crippen LogP contribution in [0.1, 0.15) is 49.8 Å². The normalized spacial score (nSPS) is 20.6. The molecule has 19 heavy (non-hydrogen) atoms. The van der Waals surface area contributed by atoms with Crippen LogP contribution < -0.4 is 10.2 Å². The summed E-state index contributed by atoms with van der Waals surface area (Å²) >= 11 is 0. The highest BCUT2D eigenvalue weighted by Crippen LogP contribution is 2.27. The van der Waals surface area contributed by atoms with E-state index >= 15 is 0 Å². The molecule has 4 heteroatoms. The number of aryl methyl sites for hydroxylation is 2. The average Bonchev–Trinajstić information content (AvgIpc) is 3.18. The number of nitrogens with one attached hydrogen (secondary N) is 1. The molecular formula is C15H26N4. The molecule has 0 bridgehead atoms. The van der Waals surface area contributed by atoms with Gasteiger partial charge in [-0.3, -0.25) is 4.68 Å². The molecule has 2 aliphatic rings. The topological polar surface area (TPSA) is 33.1 Å². The van der Waals surface area contributed by atoms with Gasteiger partial charge in [0.2, 0.25) is 0 Å². The van der Waals surface area contributed by atoms with E-state index < -0.39 is 0 Å². The zero-order valence-corrected chi connectivity index (χ0v) is 12.3. The van der Waals surface area contributed by atoms with Gasteiger partial charge in [-0.25, -0.2) is 0 Å². The van der Waals surface area contributed by atoms with Crippen molar-refractivity contribution in [2.75, 3.05) is 18.0 Å². The van der Waals surface area contributed by atoms with Crippen LogP contribution in [0.25, 0.3) is 0 Å². The molecule has 1 aromatic rings. The maximum atomic E-state index is 4.65. The molecule has 0 radical (unpaired) electrons. The van der Waals surface area contributed by atoms with E-state index in [1.165, 1.54) is 68.7 Å². The van der Waals surface area contributed by atoms with Gasteiger partial charge in [0.05, 0.1) is 5.69 Å². The fourth-order valence-corrected chi connectivity index (χ4v) is 3.11. The second kappa shape index (κ2) is 5.53. The lowest BCUT2D eigenvalue weighted by molar-refractivity contribution is 0.670. The van der Waals surface area contributed by atoms with E-state index in [1.54, 1.807) is 0 Å². The van der Waals surface area contributed by atoms with Crippen molar-refractivity contribution in [2.24, 2.45) is 7.05 Å². The zero-order chi connectivity index (χ0) is 13.2. The van der Waals surface area contributed by atoms with Crippen LogP contribution in [0.3, 0.4) is 0 Å². The van der Waals surface area contributed by atoms with Crippen LogP contribution in [0.15, 0.2) is 0 Å². The van der Waals surface area contributed by atoms with Gasteiger partial charge < -0.3 is 10.2 Å². The number of aromatic nitrogens is 2. The van der Waals surface area contributed by atoms with Gasteiger partial charge in [-0.15, -0.1) is 0 Å². The number of anilines is 1. The first-order valence-electron chi connectivity index (χ1n) is 7.76. The molecule has 1 saturated carbocycles. The van der Waals surface area contributed by atoms with Crippen LogP contribution in [0.2, 0.25) is 0 Å². The zero-order valence-electron chi connectivity index (χ0n) is 12.3. The highest BCUT2D eigenvalue weighted by atomic mass is 15.4. The molecule has 0 aromatic carbocycles. The Labute approximate surface area is 116 Å². The Morgan fingerprint density at radius 1 is 1.16 bits per heavy atom. The number of rotatable bonds is 4. The summed E-state index contributed by atoms with van der Waals surface area (Å²) < 4.78 is 2.09. The molecule has 1 aliphatic heterocycles. The molecule has 0 amide bonds. The van der Waals surface area contributed by atoms with Gasteiger partial charge in [-0.1, -0.05) is 12.8 Å². The molecule has 1 saturated heterocycles. The molecular weight excluding hydrogens is 236 g/mol. The van der Waals surface area contributed by atoms with Gasteiger partial charge in [0.25, 0.3) is 0 Å². The van der Waals surface area contributed by atoms with Crippen molar-refractivity contribution in [2.45, 2.75) is 58.0 Å². The van der Waals surface area contributed by atoms with Gasteiger partial charge in [0, 0.05) is 38.3 Å². The lowest BCUT2D eigenvalue weighted by Crippen LogP contribution is -2.28. The fraction of sp³-hybridized carbons (Fsp3) is 0.800. The quantitative estimate of drug-likeness (QED) is 0.904. The Bertz CT molecular complexity index is 426. The summed E-state index contributed by atoms with van der Waals surface area (Å²) in [6.45, 7) is 5.51. The molecule has 3 rings (SSSR count). The van der Waals surface area contributed by atoms with E-state index in [0.717, 1.165) is 12.6 Å². The largest absolute Gasteiger partial charge is 0.357 e. The van der Waals surface area contributed by atoms with Crippen LogP contribution in [0.5, 0.6) is 0 Å². The maximum Gasteiger partial charge on any atom is 0.131 e. The Kier molecular flexibility index (Phi) is 3.78. The Hall–Kier alpha value is -1.03. The number of nitrogens with zero attached hydrogens (tertiary/aromatic N) is 3. The molecule has 4 nitrogen and oxygen atoms in total. The van der Waals surface area contributed by atoms with Crippen LogP contribution >= 0.6 is 0 Å². The molecule has 2 heterocycles. The van der Waals surface area contributed by atoms with Crippen molar-refractivity contribution in [3.63, 3.8) is 0 Å². The minimum Gasteiger partial charge on any atom is -0.357 e. The van der Waals surface area contributed by atoms with Crippen LogP contribution in [-0.2, 0) is 13.6 Å². The van der Waals surface area contributed by atoms with E-state index in [-0.39, 0.29) is 0 Å². The molecule has 1 aliphatic carbocycles. The highest BCUT2D eigenvalue weighted by Gasteiger charge is 2.24. The molecule has 1 aromatic heterocycles. The van der Waals surface area contributed by atoms with Gasteiger partial charge in [-0.2, -0.15) is 5.10 Å². The van der Waals surface area contributed by atoms with E-state index in [1.807, 2.05) is 0 Å². The average molecular weight is 262 g/mol. The van der Waals surface area contributed by atoms with E-state index in [4.69, 9.17) is 0 Å². The third-order valence-corrected chi connectivity index (χ3v) is 4.36. The Morgan fingerprint density at radius 3 is 2.47 bits per heavy atom. The summed E-state index contributed by atoms with van der Waals surface area (Å²) in [5.74, 6) is 1.35. The lowest BCUT2D eigenvalue weighted by atomic mass is 10.2. The summed E-state index contributed by atoms with van der Waals surface area (Å²) in [5.41, 5.74) is 2.60. The smallest absolute Gasteiger partial charge is 0.131 e. The summed E-state index contributed by atoms with van der Waals surface area (Å²) in [7, 11) is 2.09. The third-order valence-electron chi connectivity index (χ3n) is 4.36. The van der Waals surface area contributed by atoms with Crippen molar-refractivity contribution >= 4 is 5.82 Å². The SMILES string of the molecule is Cc1nn(C)c(N2CCCCCC2)c1CNC1CC1. The second-order valence-corrected chi connectivity index (χ2v) is 6.07. The first kappa shape index (κ1) is 13.0. The lowest BCUT2D eigenvalue weighted by Gasteiger charge is -2.24. The van der Waals surface area contributed by atoms with Crippen molar-refractivity contribution in [1.29, 1.82) is 0 Å². The van der Waals surface area contributed by atoms with Crippen molar-refractivity contribution < 1.29 is 0 Å². The van der Waals surface area contributed by atoms with Crippen molar-refractivity contribution in [1.82, 2.24) is 15.1 Å². The molecule has 106 valence electrons. The van der Waals surface area contributed by atoms with Gasteiger partial charge in [-0.05, 0) is 32.6 Å². The molecule has 0 unspecified atom stereocenters. The monoisotopic (exact) mass is 262 g/mol. The second-order valence-electron chi connectivity index (χ2n) is 6.07. The van der Waals surface area contributed by atoms with Gasteiger partial charge in [0.1, 0.15) is 5.82 Å². The molecule has 2 fully saturated rings. The van der Waals surface area contributed by atoms with Gasteiger partial charge in [0.15, 0.2) is 0 Å². The number of hydrogen-bond acceptors (Lipinski definition) is 3. The highest BCUT2D eigenvalue weighted by molar-refractivity contribution is 5.50. The van der Waals surface area contributed by atoms with Crippen LogP contribution in [-0.4, -0.2) is 28.9 Å². The molecule has 1 N–H and O–H groups in total. The Morgan fingerprint density at radius 2 is 1.84 bits per heavy atom. The third kappa shape index (κ3) is 2.94. The minimum absolute atomic E-state index is 0.761. The first-order chi connectivity index (χ1) is 9.25. The van der Waals surface area contributed by atoms with E-state index in [2.05, 4.69) is 34.0 Å². The standard InChI is InChI=1S/C15H26N4/c1-12-14(11-16-13-7-8-13)15(18(2)17-12)19-9-5-3-4-6-10-19/h13,16H,3-11H2,1-2H3. The summed E-state index contributed by atoms with van der Waals surface area (Å²) in [6, 6.07) is 0.761. The summed E-state index contributed by atoms with van der Waals surface area (Å²) in [6.07, 6.45) is 8.09. The number of hydrogen-bond donors (Lipinski definition) is 1. The first-order valence-corrected chi connectivity index (χ1v) is 7.76. The van der Waals surface area contributed by atoms with Gasteiger partial charge >= 0.3 is 0 Å². The van der Waals surface area contributed by atoms with E-state index in [9.17, 15) is 0 Å². The van der Waals surface area contributed by atoms with E-state index in [0.29, 0.717) is 0 Å². The summed E-state index contributed by atoms with van der Waals surface area (Å²) in [4.78, 5) is 2.55.